The van der Waals surface area contributed by atoms with Crippen LogP contribution >= 0.6 is 11.3 Å². The first-order chi connectivity index (χ1) is 15.1. The fraction of sp³-hybridized carbons (Fsp3) is 0.360. The number of carbonyl (C=O) groups excluding carboxylic acids is 1. The van der Waals surface area contributed by atoms with Crippen LogP contribution in [0.2, 0.25) is 0 Å². The van der Waals surface area contributed by atoms with E-state index in [1.54, 1.807) is 0 Å². The molecule has 1 aliphatic carbocycles. The Morgan fingerprint density at radius 2 is 1.97 bits per heavy atom. The van der Waals surface area contributed by atoms with E-state index in [9.17, 15) is 9.90 Å². The second kappa shape index (κ2) is 8.09. The fourth-order valence-electron chi connectivity index (χ4n) is 4.72. The maximum absolute atomic E-state index is 13.2. The van der Waals surface area contributed by atoms with E-state index in [4.69, 9.17) is 9.47 Å². The molecule has 1 aromatic heterocycles. The van der Waals surface area contributed by atoms with Crippen LogP contribution in [0.5, 0.6) is 10.9 Å². The molecule has 1 fully saturated rings. The van der Waals surface area contributed by atoms with E-state index in [-0.39, 0.29) is 17.0 Å². The van der Waals surface area contributed by atoms with Gasteiger partial charge in [0.1, 0.15) is 11.5 Å². The molecule has 6 heteroatoms. The zero-order chi connectivity index (χ0) is 21.4. The number of fused-ring (bicyclic) bond motifs is 1. The molecule has 2 aliphatic rings. The Morgan fingerprint density at radius 3 is 2.71 bits per heavy atom. The maximum atomic E-state index is 13.2. The maximum Gasteiger partial charge on any atom is 0.279 e. The van der Waals surface area contributed by atoms with Gasteiger partial charge in [-0.05, 0) is 60.1 Å². The molecule has 1 N–H and O–H groups in total. The highest BCUT2D eigenvalue weighted by Crippen LogP contribution is 2.47. The standard InChI is InChI=1S/C25H25NO4S/c1-2-16-7-8-17(30-24-26-19-5-3-4-6-22(19)31-24)13-18(16)23-20(27)14-25(15-21(23)28)9-11-29-12-10-25/h3-8,13,27H,2,9-12,14-15H2,1H3. The first kappa shape index (κ1) is 20.2. The van der Waals surface area contributed by atoms with Gasteiger partial charge in [0.25, 0.3) is 5.19 Å². The summed E-state index contributed by atoms with van der Waals surface area (Å²) in [4.78, 5) is 17.8. The van der Waals surface area contributed by atoms with Crippen LogP contribution in [0, 0.1) is 5.41 Å². The molecule has 5 nitrogen and oxygen atoms in total. The van der Waals surface area contributed by atoms with Crippen LogP contribution in [-0.4, -0.2) is 29.1 Å². The minimum absolute atomic E-state index is 0.0116. The molecule has 160 valence electrons. The molecule has 31 heavy (non-hydrogen) atoms. The van der Waals surface area contributed by atoms with Crippen molar-refractivity contribution in [1.29, 1.82) is 0 Å². The third-order valence-corrected chi connectivity index (χ3v) is 7.32. The fourth-order valence-corrected chi connectivity index (χ4v) is 5.55. The monoisotopic (exact) mass is 435 g/mol. The zero-order valence-corrected chi connectivity index (χ0v) is 18.3. The first-order valence-electron chi connectivity index (χ1n) is 10.8. The molecule has 3 aromatic rings. The van der Waals surface area contributed by atoms with Crippen molar-refractivity contribution in [3.8, 4) is 10.9 Å². The molecule has 0 atom stereocenters. The number of rotatable bonds is 4. The quantitative estimate of drug-likeness (QED) is 0.538. The molecule has 2 heterocycles. The van der Waals surface area contributed by atoms with Crippen LogP contribution < -0.4 is 4.74 Å². The molecule has 0 radical (unpaired) electrons. The minimum Gasteiger partial charge on any atom is -0.512 e. The predicted molar refractivity (Wildman–Crippen MR) is 122 cm³/mol. The number of aryl methyl sites for hydroxylation is 1. The summed E-state index contributed by atoms with van der Waals surface area (Å²) < 4.78 is 12.6. The smallest absolute Gasteiger partial charge is 0.279 e. The van der Waals surface area contributed by atoms with Crippen LogP contribution in [0.4, 0.5) is 0 Å². The summed E-state index contributed by atoms with van der Waals surface area (Å²) in [5, 5.41) is 11.5. The van der Waals surface area contributed by atoms with Gasteiger partial charge < -0.3 is 14.6 Å². The number of ether oxygens (including phenoxy) is 2. The van der Waals surface area contributed by atoms with Gasteiger partial charge in [0.2, 0.25) is 0 Å². The third-order valence-electron chi connectivity index (χ3n) is 6.41. The lowest BCUT2D eigenvalue weighted by Crippen LogP contribution is -2.36. The number of para-hydroxylation sites is 1. The number of hydrogen-bond acceptors (Lipinski definition) is 6. The van der Waals surface area contributed by atoms with Crippen molar-refractivity contribution in [1.82, 2.24) is 4.98 Å². The number of Topliss-reactive ketones (excluding diaryl/α,β-unsaturated/α-hetero) is 1. The van der Waals surface area contributed by atoms with Crippen LogP contribution in [0.3, 0.4) is 0 Å². The summed E-state index contributed by atoms with van der Waals surface area (Å²) in [5.41, 5.74) is 2.98. The number of aliphatic hydroxyl groups excluding tert-OH is 1. The molecule has 1 spiro atoms. The third kappa shape index (κ3) is 3.86. The summed E-state index contributed by atoms with van der Waals surface area (Å²) in [5.74, 6) is 0.827. The molecule has 0 saturated carbocycles. The van der Waals surface area contributed by atoms with E-state index >= 15 is 0 Å². The largest absolute Gasteiger partial charge is 0.512 e. The number of aliphatic hydroxyl groups is 1. The van der Waals surface area contributed by atoms with Crippen molar-refractivity contribution in [3.63, 3.8) is 0 Å². The SMILES string of the molecule is CCc1ccc(Oc2nc3ccccc3s2)cc1C1=C(O)CC2(CCOCC2)CC1=O. The van der Waals surface area contributed by atoms with Crippen LogP contribution in [0.25, 0.3) is 15.8 Å². The van der Waals surface area contributed by atoms with Crippen molar-refractivity contribution >= 4 is 32.9 Å². The Kier molecular flexibility index (Phi) is 5.28. The number of nitrogens with zero attached hydrogens (tertiary/aromatic N) is 1. The Labute approximate surface area is 185 Å². The first-order valence-corrected chi connectivity index (χ1v) is 11.6. The van der Waals surface area contributed by atoms with Gasteiger partial charge in [-0.1, -0.05) is 36.5 Å². The van der Waals surface area contributed by atoms with Crippen molar-refractivity contribution < 1.29 is 19.4 Å². The molecular weight excluding hydrogens is 410 g/mol. The van der Waals surface area contributed by atoms with E-state index in [0.29, 0.717) is 42.6 Å². The number of carbonyl (C=O) groups is 1. The lowest BCUT2D eigenvalue weighted by molar-refractivity contribution is -0.118. The van der Waals surface area contributed by atoms with Crippen LogP contribution in [0.1, 0.15) is 43.7 Å². The minimum atomic E-state index is -0.162. The summed E-state index contributed by atoms with van der Waals surface area (Å²) in [6.07, 6.45) is 3.39. The van der Waals surface area contributed by atoms with Gasteiger partial charge >= 0.3 is 0 Å². The van der Waals surface area contributed by atoms with Gasteiger partial charge in [0, 0.05) is 26.1 Å². The van der Waals surface area contributed by atoms with Gasteiger partial charge in [-0.2, -0.15) is 0 Å². The average molecular weight is 436 g/mol. The van der Waals surface area contributed by atoms with Gasteiger partial charge in [-0.3, -0.25) is 4.79 Å². The molecule has 1 aliphatic heterocycles. The van der Waals surface area contributed by atoms with E-state index < -0.39 is 0 Å². The van der Waals surface area contributed by atoms with Gasteiger partial charge in [0.15, 0.2) is 5.78 Å². The highest BCUT2D eigenvalue weighted by molar-refractivity contribution is 7.20. The molecule has 0 unspecified atom stereocenters. The Hall–Kier alpha value is -2.70. The second-order valence-electron chi connectivity index (χ2n) is 8.43. The number of allylic oxidation sites excluding steroid dienone is 2. The number of thiazole rings is 1. The topological polar surface area (TPSA) is 68.7 Å². The van der Waals surface area contributed by atoms with Gasteiger partial charge in [-0.15, -0.1) is 0 Å². The molecule has 2 aromatic carbocycles. The summed E-state index contributed by atoms with van der Waals surface area (Å²) in [6.45, 7) is 3.36. The number of hydrogen-bond donors (Lipinski definition) is 1. The highest BCUT2D eigenvalue weighted by atomic mass is 32.1. The Balaban J connectivity index is 1.49. The van der Waals surface area contributed by atoms with Crippen molar-refractivity contribution in [2.75, 3.05) is 13.2 Å². The molecule has 1 saturated heterocycles. The van der Waals surface area contributed by atoms with E-state index in [0.717, 1.165) is 40.6 Å². The normalized spacial score (nSPS) is 18.7. The van der Waals surface area contributed by atoms with Crippen molar-refractivity contribution in [2.45, 2.75) is 39.0 Å². The summed E-state index contributed by atoms with van der Waals surface area (Å²) in [6, 6.07) is 13.7. The molecule has 5 rings (SSSR count). The Bertz CT molecular complexity index is 1140. The second-order valence-corrected chi connectivity index (χ2v) is 9.43. The predicted octanol–water partition coefficient (Wildman–Crippen LogP) is 6.08. The zero-order valence-electron chi connectivity index (χ0n) is 17.5. The van der Waals surface area contributed by atoms with Crippen LogP contribution in [-0.2, 0) is 16.0 Å². The van der Waals surface area contributed by atoms with E-state index in [2.05, 4.69) is 11.9 Å². The van der Waals surface area contributed by atoms with E-state index in [1.807, 2.05) is 42.5 Å². The van der Waals surface area contributed by atoms with E-state index in [1.165, 1.54) is 11.3 Å². The van der Waals surface area contributed by atoms with Gasteiger partial charge in [0.05, 0.1) is 15.8 Å². The molecule has 0 bridgehead atoms. The summed E-state index contributed by atoms with van der Waals surface area (Å²) in [7, 11) is 0. The lowest BCUT2D eigenvalue weighted by Gasteiger charge is -2.39. The van der Waals surface area contributed by atoms with Crippen LogP contribution in [0.15, 0.2) is 48.2 Å². The van der Waals surface area contributed by atoms with Gasteiger partial charge in [-0.25, -0.2) is 4.98 Å². The Morgan fingerprint density at radius 1 is 1.16 bits per heavy atom. The molecule has 0 amide bonds. The van der Waals surface area contributed by atoms with Crippen molar-refractivity contribution in [3.05, 3.63) is 59.4 Å². The molecular formula is C25H25NO4S. The summed E-state index contributed by atoms with van der Waals surface area (Å²) >= 11 is 1.49. The number of ketones is 1. The lowest BCUT2D eigenvalue weighted by atomic mass is 9.67. The van der Waals surface area contributed by atoms with Crippen molar-refractivity contribution in [2.24, 2.45) is 5.41 Å². The highest BCUT2D eigenvalue weighted by Gasteiger charge is 2.41. The number of aromatic nitrogens is 1. The number of benzene rings is 2. The average Bonchev–Trinajstić information content (AvgIpc) is 3.16.